The first-order chi connectivity index (χ1) is 12.8. The van der Waals surface area contributed by atoms with Gasteiger partial charge in [0.05, 0.1) is 27.0 Å². The van der Waals surface area contributed by atoms with E-state index in [0.29, 0.717) is 18.0 Å². The van der Waals surface area contributed by atoms with Gasteiger partial charge in [0, 0.05) is 11.6 Å². The number of rotatable bonds is 7. The van der Waals surface area contributed by atoms with Crippen molar-refractivity contribution in [2.45, 2.75) is 19.5 Å². The molecule has 5 nitrogen and oxygen atoms in total. The van der Waals surface area contributed by atoms with Crippen molar-refractivity contribution in [3.05, 3.63) is 53.3 Å². The van der Waals surface area contributed by atoms with E-state index in [4.69, 9.17) is 9.47 Å². The number of quaternary nitrogens is 1. The summed E-state index contributed by atoms with van der Waals surface area (Å²) >= 11 is 0. The van der Waals surface area contributed by atoms with E-state index in [2.05, 4.69) is 5.32 Å². The highest BCUT2D eigenvalue weighted by Gasteiger charge is 2.25. The van der Waals surface area contributed by atoms with Crippen LogP contribution in [0.4, 0.5) is 18.9 Å². The van der Waals surface area contributed by atoms with Crippen molar-refractivity contribution in [1.29, 1.82) is 0 Å². The molecule has 8 heteroatoms. The van der Waals surface area contributed by atoms with Crippen LogP contribution in [-0.4, -0.2) is 33.2 Å². The number of likely N-dealkylation sites (N-methyl/N-ethyl adjacent to an activating group) is 1. The highest BCUT2D eigenvalue weighted by atomic mass is 19.2. The SMILES string of the molecule is COc1ccc(C[NH+](C)[C@H](C)C(=O)Nc2ccc(F)c(F)c2F)c(OC)c1. The molecule has 0 saturated heterocycles. The lowest BCUT2D eigenvalue weighted by Gasteiger charge is -2.22. The standard InChI is InChI=1S/C19H21F3N2O3/c1-11(19(25)23-15-8-7-14(20)17(21)18(15)22)24(2)10-12-5-6-13(26-3)9-16(12)27-4/h5-9,11H,10H2,1-4H3,(H,23,25)/p+1/t11-/m1/s1. The van der Waals surface area contributed by atoms with Gasteiger partial charge in [0.2, 0.25) is 0 Å². The van der Waals surface area contributed by atoms with Gasteiger partial charge in [-0.1, -0.05) is 0 Å². The number of benzene rings is 2. The summed E-state index contributed by atoms with van der Waals surface area (Å²) in [6, 6.07) is 6.51. The van der Waals surface area contributed by atoms with Gasteiger partial charge in [-0.3, -0.25) is 4.79 Å². The Hall–Kier alpha value is -2.74. The molecule has 0 aliphatic heterocycles. The molecule has 146 valence electrons. The second kappa shape index (κ2) is 8.77. The van der Waals surface area contributed by atoms with Gasteiger partial charge in [0.1, 0.15) is 18.0 Å². The fourth-order valence-corrected chi connectivity index (χ4v) is 2.54. The van der Waals surface area contributed by atoms with Crippen molar-refractivity contribution in [2.75, 3.05) is 26.6 Å². The van der Waals surface area contributed by atoms with Gasteiger partial charge in [-0.15, -0.1) is 0 Å². The molecule has 0 radical (unpaired) electrons. The number of anilines is 1. The van der Waals surface area contributed by atoms with Crippen LogP contribution in [0.15, 0.2) is 30.3 Å². The quantitative estimate of drug-likeness (QED) is 0.721. The third kappa shape index (κ3) is 4.71. The zero-order valence-corrected chi connectivity index (χ0v) is 15.5. The van der Waals surface area contributed by atoms with Crippen LogP contribution in [0.3, 0.4) is 0 Å². The summed E-state index contributed by atoms with van der Waals surface area (Å²) in [5, 5.41) is 2.30. The summed E-state index contributed by atoms with van der Waals surface area (Å²) < 4.78 is 50.5. The van der Waals surface area contributed by atoms with E-state index in [-0.39, 0.29) is 0 Å². The molecule has 2 N–H and O–H groups in total. The van der Waals surface area contributed by atoms with Gasteiger partial charge >= 0.3 is 0 Å². The minimum atomic E-state index is -1.62. The first-order valence-electron chi connectivity index (χ1n) is 8.26. The third-order valence-corrected chi connectivity index (χ3v) is 4.39. The van der Waals surface area contributed by atoms with E-state index in [9.17, 15) is 18.0 Å². The fraction of sp³-hybridized carbons (Fsp3) is 0.316. The minimum absolute atomic E-state index is 0.402. The van der Waals surface area contributed by atoms with Gasteiger partial charge in [-0.05, 0) is 31.2 Å². The number of nitrogens with one attached hydrogen (secondary N) is 2. The Morgan fingerprint density at radius 1 is 1.11 bits per heavy atom. The third-order valence-electron chi connectivity index (χ3n) is 4.39. The van der Waals surface area contributed by atoms with Crippen LogP contribution in [0.2, 0.25) is 0 Å². The van der Waals surface area contributed by atoms with Crippen molar-refractivity contribution in [3.8, 4) is 11.5 Å². The Balaban J connectivity index is 2.10. The van der Waals surface area contributed by atoms with Crippen molar-refractivity contribution >= 4 is 11.6 Å². The molecule has 0 fully saturated rings. The van der Waals surface area contributed by atoms with Crippen molar-refractivity contribution in [2.24, 2.45) is 0 Å². The molecule has 2 aromatic rings. The number of halogens is 3. The molecular weight excluding hydrogens is 361 g/mol. The fourth-order valence-electron chi connectivity index (χ4n) is 2.54. The van der Waals surface area contributed by atoms with Crippen molar-refractivity contribution in [1.82, 2.24) is 0 Å². The van der Waals surface area contributed by atoms with Crippen LogP contribution in [-0.2, 0) is 11.3 Å². The van der Waals surface area contributed by atoms with Crippen LogP contribution in [0, 0.1) is 17.5 Å². The maximum atomic E-state index is 13.7. The largest absolute Gasteiger partial charge is 0.497 e. The van der Waals surface area contributed by atoms with E-state index in [1.807, 2.05) is 6.07 Å². The normalized spacial score (nSPS) is 13.0. The predicted molar refractivity (Wildman–Crippen MR) is 94.5 cm³/mol. The average molecular weight is 383 g/mol. The lowest BCUT2D eigenvalue weighted by atomic mass is 10.1. The highest BCUT2D eigenvalue weighted by Crippen LogP contribution is 2.24. The molecule has 27 heavy (non-hydrogen) atoms. The van der Waals surface area contributed by atoms with Gasteiger partial charge < -0.3 is 19.7 Å². The molecular formula is C19H22F3N2O3+. The number of carbonyl (C=O) groups is 1. The van der Waals surface area contributed by atoms with Crippen LogP contribution in [0.1, 0.15) is 12.5 Å². The molecule has 2 aromatic carbocycles. The molecule has 1 amide bonds. The van der Waals surface area contributed by atoms with Gasteiger partial charge in [-0.2, -0.15) is 0 Å². The number of hydrogen-bond acceptors (Lipinski definition) is 3. The first kappa shape index (κ1) is 20.6. The molecule has 0 heterocycles. The number of methoxy groups -OCH3 is 2. The van der Waals surface area contributed by atoms with Crippen LogP contribution < -0.4 is 19.7 Å². The molecule has 0 aliphatic carbocycles. The maximum absolute atomic E-state index is 13.7. The van der Waals surface area contributed by atoms with Crippen LogP contribution in [0.5, 0.6) is 11.5 Å². The molecule has 2 atom stereocenters. The molecule has 0 spiro atoms. The summed E-state index contributed by atoms with van der Waals surface area (Å²) in [5.74, 6) is -3.62. The second-order valence-corrected chi connectivity index (χ2v) is 6.13. The Bertz CT molecular complexity index is 830. The Morgan fingerprint density at radius 2 is 1.81 bits per heavy atom. The van der Waals surface area contributed by atoms with Gasteiger partial charge in [-0.25, -0.2) is 13.2 Å². The van der Waals surface area contributed by atoms with Gasteiger partial charge in [0.25, 0.3) is 5.91 Å². The first-order valence-corrected chi connectivity index (χ1v) is 8.26. The Labute approximate surface area is 155 Å². The predicted octanol–water partition coefficient (Wildman–Crippen LogP) is 2.16. The lowest BCUT2D eigenvalue weighted by Crippen LogP contribution is -3.12. The molecule has 1 unspecified atom stereocenters. The minimum Gasteiger partial charge on any atom is -0.497 e. The lowest BCUT2D eigenvalue weighted by molar-refractivity contribution is -0.907. The van der Waals surface area contributed by atoms with Crippen LogP contribution in [0.25, 0.3) is 0 Å². The summed E-state index contributed by atoms with van der Waals surface area (Å²) in [6.07, 6.45) is 0. The summed E-state index contributed by atoms with van der Waals surface area (Å²) in [5.41, 5.74) is 0.454. The van der Waals surface area contributed by atoms with Crippen molar-refractivity contribution < 1.29 is 32.3 Å². The second-order valence-electron chi connectivity index (χ2n) is 6.13. The number of amides is 1. The molecule has 0 aromatic heterocycles. The molecule has 2 rings (SSSR count). The number of carbonyl (C=O) groups excluding carboxylic acids is 1. The number of ether oxygens (including phenoxy) is 2. The average Bonchev–Trinajstić information content (AvgIpc) is 2.67. The zero-order valence-electron chi connectivity index (χ0n) is 15.5. The van der Waals surface area contributed by atoms with Crippen LogP contribution >= 0.6 is 0 Å². The topological polar surface area (TPSA) is 52.0 Å². The Kier molecular flexibility index (Phi) is 6.68. The van der Waals surface area contributed by atoms with E-state index in [1.54, 1.807) is 33.2 Å². The molecule has 0 bridgehead atoms. The highest BCUT2D eigenvalue weighted by molar-refractivity contribution is 5.93. The molecule has 0 saturated carbocycles. The summed E-state index contributed by atoms with van der Waals surface area (Å²) in [6.45, 7) is 2.10. The Morgan fingerprint density at radius 3 is 2.44 bits per heavy atom. The summed E-state index contributed by atoms with van der Waals surface area (Å²) in [7, 11) is 4.88. The zero-order chi connectivity index (χ0) is 20.1. The van der Waals surface area contributed by atoms with E-state index < -0.39 is 35.1 Å². The number of hydrogen-bond donors (Lipinski definition) is 2. The smallest absolute Gasteiger partial charge is 0.282 e. The van der Waals surface area contributed by atoms with Gasteiger partial charge in [0.15, 0.2) is 23.5 Å². The molecule has 0 aliphatic rings. The van der Waals surface area contributed by atoms with Crippen molar-refractivity contribution in [3.63, 3.8) is 0 Å². The maximum Gasteiger partial charge on any atom is 0.282 e. The monoisotopic (exact) mass is 383 g/mol. The van der Waals surface area contributed by atoms with E-state index >= 15 is 0 Å². The van der Waals surface area contributed by atoms with E-state index in [0.717, 1.165) is 22.6 Å². The van der Waals surface area contributed by atoms with E-state index in [1.165, 1.54) is 7.11 Å². The summed E-state index contributed by atoms with van der Waals surface area (Å²) in [4.78, 5) is 13.2.